The number of esters is 1. The minimum Gasteiger partial charge on any atom is -0.464 e. The molecule has 21 heavy (non-hydrogen) atoms. The van der Waals surface area contributed by atoms with Crippen molar-refractivity contribution in [3.05, 3.63) is 35.6 Å². The van der Waals surface area contributed by atoms with Gasteiger partial charge in [-0.2, -0.15) is 0 Å². The Balaban J connectivity index is 2.21. The van der Waals surface area contributed by atoms with E-state index in [1.54, 1.807) is 13.0 Å². The van der Waals surface area contributed by atoms with E-state index in [9.17, 15) is 14.0 Å². The molecule has 0 spiro atoms. The summed E-state index contributed by atoms with van der Waals surface area (Å²) in [6.07, 6.45) is 3.78. The summed E-state index contributed by atoms with van der Waals surface area (Å²) >= 11 is 0. The van der Waals surface area contributed by atoms with E-state index in [4.69, 9.17) is 4.74 Å². The molecule has 1 aliphatic carbocycles. The molecule has 4 nitrogen and oxygen atoms in total. The number of amides is 1. The fourth-order valence-corrected chi connectivity index (χ4v) is 2.73. The van der Waals surface area contributed by atoms with Gasteiger partial charge in [-0.3, -0.25) is 4.79 Å². The quantitative estimate of drug-likeness (QED) is 0.868. The average Bonchev–Trinajstić information content (AvgIpc) is 2.48. The van der Waals surface area contributed by atoms with E-state index >= 15 is 0 Å². The van der Waals surface area contributed by atoms with Crippen LogP contribution in [0.1, 0.15) is 49.4 Å². The smallest absolute Gasteiger partial charge is 0.331 e. The highest BCUT2D eigenvalue weighted by atomic mass is 19.1. The maximum atomic E-state index is 13.7. The van der Waals surface area contributed by atoms with E-state index in [0.717, 1.165) is 19.3 Å². The van der Waals surface area contributed by atoms with Crippen LogP contribution < -0.4 is 5.32 Å². The zero-order valence-electron chi connectivity index (χ0n) is 12.2. The van der Waals surface area contributed by atoms with Gasteiger partial charge in [0, 0.05) is 0 Å². The first-order chi connectivity index (χ1) is 10.1. The molecule has 0 bridgehead atoms. The third-order valence-corrected chi connectivity index (χ3v) is 3.84. The highest BCUT2D eigenvalue weighted by Gasteiger charge is 2.42. The van der Waals surface area contributed by atoms with Crippen LogP contribution in [0.3, 0.4) is 0 Å². The molecular formula is C16H20FNO3. The summed E-state index contributed by atoms with van der Waals surface area (Å²) in [5, 5.41) is 2.72. The second kappa shape index (κ2) is 6.70. The van der Waals surface area contributed by atoms with Crippen molar-refractivity contribution in [1.82, 2.24) is 5.32 Å². The Morgan fingerprint density at radius 1 is 1.24 bits per heavy atom. The van der Waals surface area contributed by atoms with Crippen molar-refractivity contribution in [1.29, 1.82) is 0 Å². The lowest BCUT2D eigenvalue weighted by Gasteiger charge is -2.35. The van der Waals surface area contributed by atoms with E-state index in [1.807, 2.05) is 0 Å². The van der Waals surface area contributed by atoms with Crippen LogP contribution in [0.15, 0.2) is 24.3 Å². The minimum atomic E-state index is -1.02. The fourth-order valence-electron chi connectivity index (χ4n) is 2.73. The zero-order chi connectivity index (χ0) is 15.3. The summed E-state index contributed by atoms with van der Waals surface area (Å²) in [5.41, 5.74) is -1.07. The Morgan fingerprint density at radius 3 is 2.52 bits per heavy atom. The van der Waals surface area contributed by atoms with Gasteiger partial charge in [0.25, 0.3) is 5.91 Å². The maximum Gasteiger partial charge on any atom is 0.331 e. The van der Waals surface area contributed by atoms with Crippen molar-refractivity contribution < 1.29 is 18.7 Å². The third-order valence-electron chi connectivity index (χ3n) is 3.84. The SMILES string of the molecule is CCOC(=O)C1(NC(=O)c2ccccc2F)CCCCC1. The molecule has 114 valence electrons. The fraction of sp³-hybridized carbons (Fsp3) is 0.500. The van der Waals surface area contributed by atoms with Crippen molar-refractivity contribution in [3.8, 4) is 0 Å². The van der Waals surface area contributed by atoms with Gasteiger partial charge in [0.05, 0.1) is 12.2 Å². The number of carbonyl (C=O) groups excluding carboxylic acids is 2. The van der Waals surface area contributed by atoms with Crippen LogP contribution in [-0.2, 0) is 9.53 Å². The summed E-state index contributed by atoms with van der Waals surface area (Å²) in [6, 6.07) is 5.75. The van der Waals surface area contributed by atoms with Gasteiger partial charge in [-0.25, -0.2) is 9.18 Å². The number of carbonyl (C=O) groups is 2. The molecule has 0 radical (unpaired) electrons. The number of hydrogen-bond acceptors (Lipinski definition) is 3. The number of ether oxygens (including phenoxy) is 1. The number of rotatable bonds is 4. The Kier molecular flexibility index (Phi) is 4.94. The van der Waals surface area contributed by atoms with E-state index < -0.39 is 23.2 Å². The van der Waals surface area contributed by atoms with Gasteiger partial charge in [-0.05, 0) is 31.9 Å². The molecule has 1 fully saturated rings. The van der Waals surface area contributed by atoms with Gasteiger partial charge in [0.2, 0.25) is 0 Å². The largest absolute Gasteiger partial charge is 0.464 e. The molecule has 0 aromatic heterocycles. The predicted molar refractivity (Wildman–Crippen MR) is 76.3 cm³/mol. The Labute approximate surface area is 123 Å². The first-order valence-corrected chi connectivity index (χ1v) is 7.33. The van der Waals surface area contributed by atoms with Crippen LogP contribution in [0.25, 0.3) is 0 Å². The molecule has 0 heterocycles. The van der Waals surface area contributed by atoms with Gasteiger partial charge >= 0.3 is 5.97 Å². The summed E-state index contributed by atoms with van der Waals surface area (Å²) in [7, 11) is 0. The molecule has 2 rings (SSSR count). The van der Waals surface area contributed by atoms with E-state index in [1.165, 1.54) is 18.2 Å². The summed E-state index contributed by atoms with van der Waals surface area (Å²) in [4.78, 5) is 24.5. The molecule has 1 amide bonds. The number of benzene rings is 1. The van der Waals surface area contributed by atoms with Gasteiger partial charge in [-0.15, -0.1) is 0 Å². The predicted octanol–water partition coefficient (Wildman–Crippen LogP) is 2.82. The lowest BCUT2D eigenvalue weighted by Crippen LogP contribution is -2.56. The minimum absolute atomic E-state index is 0.0493. The Bertz CT molecular complexity index is 524. The standard InChI is InChI=1S/C16H20FNO3/c1-2-21-15(20)16(10-6-3-7-11-16)18-14(19)12-8-4-5-9-13(12)17/h4-5,8-9H,2-3,6-7,10-11H2,1H3,(H,18,19). The van der Waals surface area contributed by atoms with Gasteiger partial charge in [-0.1, -0.05) is 31.4 Å². The topological polar surface area (TPSA) is 55.4 Å². The highest BCUT2D eigenvalue weighted by molar-refractivity contribution is 5.98. The lowest BCUT2D eigenvalue weighted by atomic mass is 9.81. The molecule has 1 aliphatic rings. The van der Waals surface area contributed by atoms with Gasteiger partial charge in [0.15, 0.2) is 0 Å². The van der Waals surface area contributed by atoms with Gasteiger partial charge < -0.3 is 10.1 Å². The third kappa shape index (κ3) is 3.40. The Morgan fingerprint density at radius 2 is 1.90 bits per heavy atom. The van der Waals surface area contributed by atoms with Gasteiger partial charge in [0.1, 0.15) is 11.4 Å². The van der Waals surface area contributed by atoms with Crippen LogP contribution in [0.2, 0.25) is 0 Å². The average molecular weight is 293 g/mol. The summed E-state index contributed by atoms with van der Waals surface area (Å²) < 4.78 is 18.8. The molecule has 1 aromatic rings. The highest BCUT2D eigenvalue weighted by Crippen LogP contribution is 2.30. The molecule has 5 heteroatoms. The van der Waals surface area contributed by atoms with Crippen LogP contribution in [0, 0.1) is 5.82 Å². The lowest BCUT2D eigenvalue weighted by molar-refractivity contribution is -0.152. The molecule has 0 aliphatic heterocycles. The molecule has 1 N–H and O–H groups in total. The van der Waals surface area contributed by atoms with Crippen LogP contribution in [0.4, 0.5) is 4.39 Å². The van der Waals surface area contributed by atoms with Crippen LogP contribution in [0.5, 0.6) is 0 Å². The van der Waals surface area contributed by atoms with Crippen molar-refractivity contribution in [2.45, 2.75) is 44.6 Å². The summed E-state index contributed by atoms with van der Waals surface area (Å²) in [6.45, 7) is 1.99. The molecule has 1 aromatic carbocycles. The normalized spacial score (nSPS) is 17.0. The molecule has 0 atom stereocenters. The number of nitrogens with one attached hydrogen (secondary N) is 1. The van der Waals surface area contributed by atoms with E-state index in [2.05, 4.69) is 5.32 Å². The number of halogens is 1. The molecule has 0 saturated heterocycles. The van der Waals surface area contributed by atoms with Crippen molar-refractivity contribution >= 4 is 11.9 Å². The molecule has 0 unspecified atom stereocenters. The zero-order valence-corrected chi connectivity index (χ0v) is 12.2. The monoisotopic (exact) mass is 293 g/mol. The van der Waals surface area contributed by atoms with Crippen molar-refractivity contribution in [2.24, 2.45) is 0 Å². The maximum absolute atomic E-state index is 13.7. The number of hydrogen-bond donors (Lipinski definition) is 1. The van der Waals surface area contributed by atoms with E-state index in [0.29, 0.717) is 12.8 Å². The van der Waals surface area contributed by atoms with Crippen LogP contribution >= 0.6 is 0 Å². The second-order valence-electron chi connectivity index (χ2n) is 5.30. The molecular weight excluding hydrogens is 273 g/mol. The van der Waals surface area contributed by atoms with E-state index in [-0.39, 0.29) is 12.2 Å². The molecule has 1 saturated carbocycles. The summed E-state index contributed by atoms with van der Waals surface area (Å²) in [5.74, 6) is -1.58. The van der Waals surface area contributed by atoms with Crippen LogP contribution in [-0.4, -0.2) is 24.0 Å². The first-order valence-electron chi connectivity index (χ1n) is 7.33. The van der Waals surface area contributed by atoms with Crippen molar-refractivity contribution in [3.63, 3.8) is 0 Å². The Hall–Kier alpha value is -1.91. The first kappa shape index (κ1) is 15.5. The second-order valence-corrected chi connectivity index (χ2v) is 5.30. The van der Waals surface area contributed by atoms with Crippen molar-refractivity contribution in [2.75, 3.05) is 6.61 Å².